The highest BCUT2D eigenvalue weighted by Gasteiger charge is 2.31. The van der Waals surface area contributed by atoms with E-state index in [0.29, 0.717) is 49.3 Å². The van der Waals surface area contributed by atoms with Crippen molar-refractivity contribution in [3.63, 3.8) is 0 Å². The zero-order valence-corrected chi connectivity index (χ0v) is 24.1. The predicted molar refractivity (Wildman–Crippen MR) is 150 cm³/mol. The molecule has 1 N–H and O–H groups in total. The summed E-state index contributed by atoms with van der Waals surface area (Å²) >= 11 is 0. The lowest BCUT2D eigenvalue weighted by molar-refractivity contribution is -0.134. The lowest BCUT2D eigenvalue weighted by Gasteiger charge is -2.33. The molecule has 2 aliphatic rings. The number of hydrogen-bond donors (Lipinski definition) is 2. The van der Waals surface area contributed by atoms with Gasteiger partial charge in [0.15, 0.2) is 17.5 Å². The number of anilines is 1. The van der Waals surface area contributed by atoms with Gasteiger partial charge in [-0.3, -0.25) is 18.2 Å². The Kier molecular flexibility index (Phi) is 9.49. The van der Waals surface area contributed by atoms with E-state index in [1.54, 1.807) is 24.1 Å². The topological polar surface area (TPSA) is 129 Å². The Morgan fingerprint density at radius 3 is 2.62 bits per heavy atom. The first kappa shape index (κ1) is 29.3. The van der Waals surface area contributed by atoms with Crippen LogP contribution in [0.3, 0.4) is 0 Å². The number of aliphatic hydroxyl groups is 1. The SMILES string of the molecule is CO[SH](=O)=Nc1ccc(OCC(=O)N(C)C(CN2CC[C@H](O)C2)c2ccccc2)c2c1CCCN2S(C)(=O)=O. The van der Waals surface area contributed by atoms with Crippen molar-refractivity contribution in [1.29, 1.82) is 0 Å². The summed E-state index contributed by atoms with van der Waals surface area (Å²) in [5.74, 6) is -0.0438. The average molecular weight is 581 g/mol. The van der Waals surface area contributed by atoms with Gasteiger partial charge in [0, 0.05) is 38.8 Å². The lowest BCUT2D eigenvalue weighted by atomic mass is 10.0. The molecule has 13 heteroatoms. The number of nitrogens with zero attached hydrogens (tertiary/aromatic N) is 4. The van der Waals surface area contributed by atoms with Crippen molar-refractivity contribution in [2.24, 2.45) is 4.36 Å². The number of thiol groups is 1. The van der Waals surface area contributed by atoms with Gasteiger partial charge >= 0.3 is 0 Å². The van der Waals surface area contributed by atoms with Gasteiger partial charge in [0.05, 0.1) is 36.9 Å². The maximum Gasteiger partial charge on any atom is 0.260 e. The van der Waals surface area contributed by atoms with E-state index in [1.165, 1.54) is 11.4 Å². The van der Waals surface area contributed by atoms with Crippen molar-refractivity contribution in [3.05, 3.63) is 53.6 Å². The van der Waals surface area contributed by atoms with Gasteiger partial charge < -0.3 is 14.7 Å². The second kappa shape index (κ2) is 12.6. The number of carbonyl (C=O) groups is 1. The zero-order chi connectivity index (χ0) is 28.2. The Balaban J connectivity index is 1.59. The van der Waals surface area contributed by atoms with Crippen LogP contribution in [0, 0.1) is 0 Å². The largest absolute Gasteiger partial charge is 0.482 e. The molecule has 0 radical (unpaired) electrons. The van der Waals surface area contributed by atoms with E-state index >= 15 is 0 Å². The molecule has 0 spiro atoms. The molecule has 39 heavy (non-hydrogen) atoms. The first-order valence-corrected chi connectivity index (χ1v) is 15.8. The van der Waals surface area contributed by atoms with Crippen LogP contribution in [-0.2, 0) is 36.3 Å². The minimum atomic E-state index is -3.65. The average Bonchev–Trinajstić information content (AvgIpc) is 3.34. The summed E-state index contributed by atoms with van der Waals surface area (Å²) in [4.78, 5) is 17.2. The number of benzene rings is 2. The van der Waals surface area contributed by atoms with Crippen LogP contribution in [-0.4, -0.2) is 92.7 Å². The van der Waals surface area contributed by atoms with Crippen LogP contribution < -0.4 is 9.04 Å². The summed E-state index contributed by atoms with van der Waals surface area (Å²) in [6.07, 6.45) is 2.51. The molecule has 214 valence electrons. The van der Waals surface area contributed by atoms with E-state index in [9.17, 15) is 22.5 Å². The fourth-order valence-electron chi connectivity index (χ4n) is 5.07. The van der Waals surface area contributed by atoms with Gasteiger partial charge in [-0.05, 0) is 37.0 Å². The van der Waals surface area contributed by atoms with Gasteiger partial charge in [-0.25, -0.2) is 12.6 Å². The summed E-state index contributed by atoms with van der Waals surface area (Å²) in [6, 6.07) is 12.6. The van der Waals surface area contributed by atoms with Crippen molar-refractivity contribution in [2.75, 3.05) is 57.5 Å². The van der Waals surface area contributed by atoms with Crippen LogP contribution in [0.5, 0.6) is 5.75 Å². The molecular weight excluding hydrogens is 544 g/mol. The molecule has 1 amide bonds. The minimum absolute atomic E-state index is 0.238. The standard InChI is InChI=1S/C26H36N4O7S2/c1-28(23(19-8-5-4-6-9-19)17-29-15-13-20(31)16-29)25(32)18-37-24-12-11-22(27-38(33)36-2)21-10-7-14-30(26(21)24)39(3,34)35/h4-6,8-9,11-12,20,23,31,38H,7,10,13-18H2,1-3H3/t20-,23?/m0/s1. The van der Waals surface area contributed by atoms with Crippen LogP contribution >= 0.6 is 0 Å². The van der Waals surface area contributed by atoms with Crippen LogP contribution in [0.2, 0.25) is 0 Å². The normalized spacial score (nSPS) is 19.5. The van der Waals surface area contributed by atoms with Crippen LogP contribution in [0.1, 0.15) is 30.0 Å². The first-order valence-electron chi connectivity index (χ1n) is 12.8. The van der Waals surface area contributed by atoms with Crippen molar-refractivity contribution in [3.8, 4) is 5.75 Å². The van der Waals surface area contributed by atoms with E-state index in [0.717, 1.165) is 18.4 Å². The Morgan fingerprint density at radius 2 is 1.97 bits per heavy atom. The molecule has 11 nitrogen and oxygen atoms in total. The van der Waals surface area contributed by atoms with E-state index in [-0.39, 0.29) is 37.0 Å². The van der Waals surface area contributed by atoms with Gasteiger partial charge in [0.25, 0.3) is 5.91 Å². The van der Waals surface area contributed by atoms with Gasteiger partial charge in [0.2, 0.25) is 10.0 Å². The number of sulfonamides is 1. The highest BCUT2D eigenvalue weighted by Crippen LogP contribution is 2.43. The van der Waals surface area contributed by atoms with Gasteiger partial charge in [-0.2, -0.15) is 4.36 Å². The fourth-order valence-corrected chi connectivity index (χ4v) is 6.51. The van der Waals surface area contributed by atoms with Crippen molar-refractivity contribution in [2.45, 2.75) is 31.4 Å². The molecule has 2 aliphatic heterocycles. The van der Waals surface area contributed by atoms with Gasteiger partial charge in [-0.15, -0.1) is 0 Å². The van der Waals surface area contributed by atoms with Crippen LogP contribution in [0.25, 0.3) is 0 Å². The van der Waals surface area contributed by atoms with Crippen molar-refractivity contribution in [1.82, 2.24) is 9.80 Å². The molecule has 2 unspecified atom stereocenters. The number of β-amino-alcohol motifs (C(OH)–C–C–N with tert-alkyl or cyclic N) is 1. The summed E-state index contributed by atoms with van der Waals surface area (Å²) in [7, 11) is -2.95. The van der Waals surface area contributed by atoms with Crippen LogP contribution in [0.15, 0.2) is 46.8 Å². The van der Waals surface area contributed by atoms with Crippen molar-refractivity contribution < 1.29 is 31.4 Å². The third kappa shape index (κ3) is 7.09. The van der Waals surface area contributed by atoms with Crippen LogP contribution in [0.4, 0.5) is 11.4 Å². The monoisotopic (exact) mass is 580 g/mol. The lowest BCUT2D eigenvalue weighted by Crippen LogP contribution is -2.41. The number of fused-ring (bicyclic) bond motifs is 1. The number of hydrogen-bond acceptors (Lipinski definition) is 9. The molecule has 0 aliphatic carbocycles. The Hall–Kier alpha value is -2.71. The molecule has 2 heterocycles. The van der Waals surface area contributed by atoms with Gasteiger partial charge in [-0.1, -0.05) is 30.3 Å². The fraction of sp³-hybridized carbons (Fsp3) is 0.500. The quantitative estimate of drug-likeness (QED) is 0.408. The van der Waals surface area contributed by atoms with E-state index in [1.807, 2.05) is 30.3 Å². The minimum Gasteiger partial charge on any atom is -0.482 e. The summed E-state index contributed by atoms with van der Waals surface area (Å²) < 4.78 is 53.4. The molecule has 2 aromatic rings. The predicted octanol–water partition coefficient (Wildman–Crippen LogP) is 1.90. The number of likely N-dealkylation sites (N-methyl/N-ethyl adjacent to an activating group) is 1. The summed E-state index contributed by atoms with van der Waals surface area (Å²) in [5.41, 5.74) is 2.23. The second-order valence-corrected chi connectivity index (χ2v) is 12.7. The van der Waals surface area contributed by atoms with E-state index in [4.69, 9.17) is 8.92 Å². The van der Waals surface area contributed by atoms with E-state index in [2.05, 4.69) is 9.26 Å². The number of likely N-dealkylation sites (tertiary alicyclic amines) is 1. The molecule has 3 atom stereocenters. The smallest absolute Gasteiger partial charge is 0.260 e. The molecule has 0 bridgehead atoms. The second-order valence-electron chi connectivity index (χ2n) is 9.79. The number of carbonyl (C=O) groups excluding carboxylic acids is 1. The van der Waals surface area contributed by atoms with Gasteiger partial charge in [0.1, 0.15) is 5.75 Å². The number of rotatable bonds is 10. The third-order valence-electron chi connectivity index (χ3n) is 7.08. The molecule has 4 rings (SSSR count). The molecule has 0 saturated carbocycles. The third-order valence-corrected chi connectivity index (χ3v) is 8.94. The Bertz CT molecular complexity index is 1360. The molecular formula is C26H36N4O7S2. The Morgan fingerprint density at radius 1 is 1.23 bits per heavy atom. The molecule has 0 aromatic heterocycles. The van der Waals surface area contributed by atoms with E-state index < -0.39 is 20.9 Å². The number of amides is 1. The molecule has 1 saturated heterocycles. The van der Waals surface area contributed by atoms with Crippen molar-refractivity contribution >= 4 is 38.2 Å². The summed E-state index contributed by atoms with van der Waals surface area (Å²) in [5, 5.41) is 9.98. The number of aliphatic hydroxyl groups excluding tert-OH is 1. The maximum atomic E-state index is 13.4. The maximum absolute atomic E-state index is 13.4. The Labute approximate surface area is 231 Å². The highest BCUT2D eigenvalue weighted by atomic mass is 32.2. The first-order chi connectivity index (χ1) is 18.6. The molecule has 2 aromatic carbocycles. The molecule has 1 fully saturated rings. The zero-order valence-electron chi connectivity index (χ0n) is 22.4. The highest BCUT2D eigenvalue weighted by molar-refractivity contribution is 7.92. The number of ether oxygens (including phenoxy) is 1. The summed E-state index contributed by atoms with van der Waals surface area (Å²) in [6.45, 7) is 1.82.